The molecule has 1 aromatic carbocycles. The highest BCUT2D eigenvalue weighted by Crippen LogP contribution is 2.19. The molecule has 0 N–H and O–H groups in total. The van der Waals surface area contributed by atoms with Crippen LogP contribution in [-0.2, 0) is 0 Å². The Morgan fingerprint density at radius 1 is 1.25 bits per heavy atom. The molecule has 0 aliphatic carbocycles. The van der Waals surface area contributed by atoms with Crippen LogP contribution in [-0.4, -0.2) is 6.26 Å². The molecule has 64 valence electrons. The lowest BCUT2D eigenvalue weighted by atomic mass is 10.1. The predicted octanol–water partition coefficient (Wildman–Crippen LogP) is 3.83. The Kier molecular flexibility index (Phi) is 3.42. The monoisotopic (exact) mass is 178 g/mol. The standard InChI is InChI=1S/C11H14S/c1-4-9(2)10-5-7-11(12-3)8-6-10/h4-8H,1-3H3/b9-4+. The maximum atomic E-state index is 2.17. The van der Waals surface area contributed by atoms with Gasteiger partial charge in [-0.25, -0.2) is 0 Å². The molecule has 0 saturated heterocycles. The third-order valence-corrected chi connectivity index (χ3v) is 2.72. The second kappa shape index (κ2) is 4.36. The molecule has 0 radical (unpaired) electrons. The number of hydrogen-bond donors (Lipinski definition) is 0. The van der Waals surface area contributed by atoms with Crippen LogP contribution in [0.1, 0.15) is 19.4 Å². The largest absolute Gasteiger partial charge is 0.130 e. The Morgan fingerprint density at radius 3 is 2.25 bits per heavy atom. The zero-order valence-electron chi connectivity index (χ0n) is 7.79. The molecule has 0 spiro atoms. The van der Waals surface area contributed by atoms with Gasteiger partial charge in [-0.2, -0.15) is 0 Å². The first kappa shape index (κ1) is 9.40. The van der Waals surface area contributed by atoms with Gasteiger partial charge < -0.3 is 0 Å². The molecule has 0 fully saturated rings. The van der Waals surface area contributed by atoms with Crippen LogP contribution >= 0.6 is 11.8 Å². The van der Waals surface area contributed by atoms with Crippen LogP contribution in [0, 0.1) is 0 Å². The molecule has 1 heteroatoms. The van der Waals surface area contributed by atoms with Crippen molar-refractivity contribution < 1.29 is 0 Å². The van der Waals surface area contributed by atoms with Crippen molar-refractivity contribution in [2.45, 2.75) is 18.7 Å². The van der Waals surface area contributed by atoms with E-state index in [1.165, 1.54) is 16.0 Å². The van der Waals surface area contributed by atoms with E-state index in [0.717, 1.165) is 0 Å². The van der Waals surface area contributed by atoms with Crippen molar-refractivity contribution in [1.82, 2.24) is 0 Å². The van der Waals surface area contributed by atoms with E-state index < -0.39 is 0 Å². The Hall–Kier alpha value is -0.690. The van der Waals surface area contributed by atoms with Crippen LogP contribution in [0.15, 0.2) is 35.2 Å². The second-order valence-electron chi connectivity index (χ2n) is 2.70. The summed E-state index contributed by atoms with van der Waals surface area (Å²) in [5.74, 6) is 0. The van der Waals surface area contributed by atoms with Gasteiger partial charge in [0.1, 0.15) is 0 Å². The molecule has 0 aliphatic rings. The number of benzene rings is 1. The highest BCUT2D eigenvalue weighted by Gasteiger charge is 1.93. The minimum Gasteiger partial charge on any atom is -0.130 e. The van der Waals surface area contributed by atoms with E-state index >= 15 is 0 Å². The average Bonchev–Trinajstić information content (AvgIpc) is 2.17. The zero-order chi connectivity index (χ0) is 8.97. The minimum atomic E-state index is 1.32. The molecule has 0 unspecified atom stereocenters. The van der Waals surface area contributed by atoms with Gasteiger partial charge in [0.2, 0.25) is 0 Å². The molecule has 1 aromatic rings. The smallest absolute Gasteiger partial charge is 0.00695 e. The molecule has 0 aliphatic heterocycles. The van der Waals surface area contributed by atoms with Gasteiger partial charge in [-0.3, -0.25) is 0 Å². The van der Waals surface area contributed by atoms with E-state index in [9.17, 15) is 0 Å². The summed E-state index contributed by atoms with van der Waals surface area (Å²) < 4.78 is 0. The lowest BCUT2D eigenvalue weighted by Gasteiger charge is -2.01. The molecule has 0 aromatic heterocycles. The zero-order valence-corrected chi connectivity index (χ0v) is 8.61. The molecular formula is C11H14S. The van der Waals surface area contributed by atoms with Gasteiger partial charge in [-0.05, 0) is 43.4 Å². The molecule has 0 heterocycles. The molecule has 12 heavy (non-hydrogen) atoms. The Bertz CT molecular complexity index is 270. The van der Waals surface area contributed by atoms with Crippen molar-refractivity contribution >= 4 is 17.3 Å². The van der Waals surface area contributed by atoms with Crippen LogP contribution in [0.5, 0.6) is 0 Å². The van der Waals surface area contributed by atoms with Gasteiger partial charge in [0.25, 0.3) is 0 Å². The minimum absolute atomic E-state index is 1.32. The van der Waals surface area contributed by atoms with Crippen molar-refractivity contribution in [3.8, 4) is 0 Å². The van der Waals surface area contributed by atoms with Crippen LogP contribution in [0.25, 0.3) is 5.57 Å². The summed E-state index contributed by atoms with van der Waals surface area (Å²) in [6.07, 6.45) is 4.23. The van der Waals surface area contributed by atoms with Crippen LogP contribution in [0.4, 0.5) is 0 Å². The molecular weight excluding hydrogens is 164 g/mol. The third-order valence-electron chi connectivity index (χ3n) is 1.98. The highest BCUT2D eigenvalue weighted by atomic mass is 32.2. The molecule has 0 bridgehead atoms. The van der Waals surface area contributed by atoms with Gasteiger partial charge in [0.15, 0.2) is 0 Å². The van der Waals surface area contributed by atoms with Crippen molar-refractivity contribution in [3.05, 3.63) is 35.9 Å². The van der Waals surface area contributed by atoms with E-state index in [2.05, 4.69) is 50.4 Å². The van der Waals surface area contributed by atoms with Gasteiger partial charge in [0, 0.05) is 4.90 Å². The van der Waals surface area contributed by atoms with E-state index in [1.807, 2.05) is 0 Å². The fourth-order valence-electron chi connectivity index (χ4n) is 1.02. The summed E-state index contributed by atoms with van der Waals surface area (Å²) in [7, 11) is 0. The van der Waals surface area contributed by atoms with Crippen LogP contribution < -0.4 is 0 Å². The number of thioether (sulfide) groups is 1. The Morgan fingerprint density at radius 2 is 1.83 bits per heavy atom. The van der Waals surface area contributed by atoms with Crippen molar-refractivity contribution in [3.63, 3.8) is 0 Å². The van der Waals surface area contributed by atoms with E-state index in [0.29, 0.717) is 0 Å². The first-order valence-corrected chi connectivity index (χ1v) is 5.27. The SMILES string of the molecule is C/C=C(\C)c1ccc(SC)cc1. The number of rotatable bonds is 2. The van der Waals surface area contributed by atoms with E-state index in [1.54, 1.807) is 11.8 Å². The van der Waals surface area contributed by atoms with Crippen molar-refractivity contribution in [1.29, 1.82) is 0 Å². The molecule has 0 nitrogen and oxygen atoms in total. The van der Waals surface area contributed by atoms with E-state index in [-0.39, 0.29) is 0 Å². The maximum Gasteiger partial charge on any atom is 0.00695 e. The fourth-order valence-corrected chi connectivity index (χ4v) is 1.43. The summed E-state index contributed by atoms with van der Waals surface area (Å²) in [5, 5.41) is 0. The first-order chi connectivity index (χ1) is 5.77. The Balaban J connectivity index is 2.92. The summed E-state index contributed by atoms with van der Waals surface area (Å²) in [6, 6.07) is 8.66. The molecule has 1 rings (SSSR count). The van der Waals surface area contributed by atoms with E-state index in [4.69, 9.17) is 0 Å². The summed E-state index contributed by atoms with van der Waals surface area (Å²) in [6.45, 7) is 4.20. The van der Waals surface area contributed by atoms with Gasteiger partial charge in [-0.15, -0.1) is 11.8 Å². The van der Waals surface area contributed by atoms with Gasteiger partial charge >= 0.3 is 0 Å². The maximum absolute atomic E-state index is 2.17. The van der Waals surface area contributed by atoms with Crippen molar-refractivity contribution in [2.75, 3.05) is 6.26 Å². The quantitative estimate of drug-likeness (QED) is 0.620. The second-order valence-corrected chi connectivity index (χ2v) is 3.58. The number of hydrogen-bond acceptors (Lipinski definition) is 1. The van der Waals surface area contributed by atoms with Crippen LogP contribution in [0.3, 0.4) is 0 Å². The fraction of sp³-hybridized carbons (Fsp3) is 0.273. The summed E-state index contributed by atoms with van der Waals surface area (Å²) >= 11 is 1.78. The number of allylic oxidation sites excluding steroid dienone is 2. The third kappa shape index (κ3) is 2.15. The molecule has 0 atom stereocenters. The first-order valence-electron chi connectivity index (χ1n) is 4.05. The lowest BCUT2D eigenvalue weighted by molar-refractivity contribution is 1.43. The van der Waals surface area contributed by atoms with Gasteiger partial charge in [0.05, 0.1) is 0 Å². The van der Waals surface area contributed by atoms with Crippen molar-refractivity contribution in [2.24, 2.45) is 0 Å². The highest BCUT2D eigenvalue weighted by molar-refractivity contribution is 7.98. The summed E-state index contributed by atoms with van der Waals surface area (Å²) in [4.78, 5) is 1.32. The summed E-state index contributed by atoms with van der Waals surface area (Å²) in [5.41, 5.74) is 2.65. The molecule has 0 saturated carbocycles. The Labute approximate surface area is 78.7 Å². The topological polar surface area (TPSA) is 0 Å². The average molecular weight is 178 g/mol. The van der Waals surface area contributed by atoms with Crippen LogP contribution in [0.2, 0.25) is 0 Å². The van der Waals surface area contributed by atoms with Gasteiger partial charge in [-0.1, -0.05) is 18.2 Å². The lowest BCUT2D eigenvalue weighted by Crippen LogP contribution is -1.78. The molecule has 0 amide bonds. The normalized spacial score (nSPS) is 11.8. The predicted molar refractivity (Wildman–Crippen MR) is 57.5 cm³/mol.